The van der Waals surface area contributed by atoms with Gasteiger partial charge in [-0.15, -0.1) is 0 Å². The number of nitro benzene ring substituents is 1. The van der Waals surface area contributed by atoms with Crippen LogP contribution in [0.3, 0.4) is 0 Å². The number of amides is 2. The molecule has 0 heterocycles. The molecule has 0 fully saturated rings. The van der Waals surface area contributed by atoms with Gasteiger partial charge in [0.05, 0.1) is 17.1 Å². The quantitative estimate of drug-likeness (QED) is 0.587. The molecule has 0 radical (unpaired) electrons. The van der Waals surface area contributed by atoms with Gasteiger partial charge in [-0.3, -0.25) is 10.1 Å². The van der Waals surface area contributed by atoms with E-state index in [0.717, 1.165) is 11.1 Å². The Balaban J connectivity index is 1.73. The lowest BCUT2D eigenvalue weighted by Gasteiger charge is -2.18. The van der Waals surface area contributed by atoms with Gasteiger partial charge in [0.15, 0.2) is 0 Å². The van der Waals surface area contributed by atoms with Crippen LogP contribution < -0.4 is 10.6 Å². The molecule has 0 saturated carbocycles. The molecule has 0 spiro atoms. The van der Waals surface area contributed by atoms with E-state index in [1.54, 1.807) is 12.1 Å². The summed E-state index contributed by atoms with van der Waals surface area (Å²) in [5.41, 5.74) is 2.81. The Bertz CT molecular complexity index is 822. The first-order valence-electron chi connectivity index (χ1n) is 8.10. The zero-order valence-electron chi connectivity index (χ0n) is 13.7. The average Bonchev–Trinajstić information content (AvgIpc) is 2.90. The summed E-state index contributed by atoms with van der Waals surface area (Å²) in [6.07, 6.45) is 0.325. The number of rotatable bonds is 4. The number of urea groups is 1. The number of aliphatic hydroxyl groups excluding tert-OH is 1. The van der Waals surface area contributed by atoms with Gasteiger partial charge in [-0.1, -0.05) is 37.3 Å². The lowest BCUT2D eigenvalue weighted by Crippen LogP contribution is -2.36. The summed E-state index contributed by atoms with van der Waals surface area (Å²) in [6.45, 7) is 1.83. The molecule has 0 aromatic heterocycles. The normalized spacial score (nSPS) is 18.5. The Kier molecular flexibility index (Phi) is 4.67. The number of nitro groups is 1. The first kappa shape index (κ1) is 16.9. The third-order valence-corrected chi connectivity index (χ3v) is 4.41. The molecular formula is C18H19N3O4. The number of hydrogen-bond acceptors (Lipinski definition) is 4. The smallest absolute Gasteiger partial charge is 0.319 e. The van der Waals surface area contributed by atoms with E-state index >= 15 is 0 Å². The van der Waals surface area contributed by atoms with Gasteiger partial charge in [-0.05, 0) is 23.6 Å². The number of aliphatic hydroxyl groups is 1. The van der Waals surface area contributed by atoms with Crippen LogP contribution in [0.5, 0.6) is 0 Å². The topological polar surface area (TPSA) is 104 Å². The van der Waals surface area contributed by atoms with E-state index < -0.39 is 23.1 Å². The Morgan fingerprint density at radius 3 is 2.80 bits per heavy atom. The van der Waals surface area contributed by atoms with Crippen molar-refractivity contribution in [3.63, 3.8) is 0 Å². The van der Waals surface area contributed by atoms with Crippen LogP contribution in [0.4, 0.5) is 16.2 Å². The van der Waals surface area contributed by atoms with Crippen molar-refractivity contribution < 1.29 is 14.8 Å². The Morgan fingerprint density at radius 1 is 1.32 bits per heavy atom. The fourth-order valence-electron chi connectivity index (χ4n) is 3.17. The summed E-state index contributed by atoms with van der Waals surface area (Å²) in [4.78, 5) is 22.9. The zero-order valence-corrected chi connectivity index (χ0v) is 13.7. The van der Waals surface area contributed by atoms with Crippen molar-refractivity contribution in [3.05, 3.63) is 69.3 Å². The van der Waals surface area contributed by atoms with E-state index in [1.165, 1.54) is 6.07 Å². The van der Waals surface area contributed by atoms with Gasteiger partial charge in [0.2, 0.25) is 0 Å². The van der Waals surface area contributed by atoms with Gasteiger partial charge in [-0.2, -0.15) is 0 Å². The van der Waals surface area contributed by atoms with Gasteiger partial charge < -0.3 is 15.7 Å². The first-order valence-corrected chi connectivity index (χ1v) is 8.10. The highest BCUT2D eigenvalue weighted by Gasteiger charge is 2.31. The van der Waals surface area contributed by atoms with Crippen molar-refractivity contribution in [1.82, 2.24) is 5.32 Å². The van der Waals surface area contributed by atoms with E-state index in [9.17, 15) is 20.0 Å². The maximum atomic E-state index is 12.3. The fourth-order valence-corrected chi connectivity index (χ4v) is 3.17. The van der Waals surface area contributed by atoms with Crippen LogP contribution in [0.15, 0.2) is 42.5 Å². The Hall–Kier alpha value is -2.93. The van der Waals surface area contributed by atoms with Crippen LogP contribution in [0.1, 0.15) is 29.7 Å². The highest BCUT2D eigenvalue weighted by atomic mass is 16.6. The molecule has 0 aliphatic heterocycles. The summed E-state index contributed by atoms with van der Waals surface area (Å²) in [7, 11) is 0. The minimum absolute atomic E-state index is 0.0217. The number of carbonyl (C=O) groups is 1. The van der Waals surface area contributed by atoms with Gasteiger partial charge >= 0.3 is 6.03 Å². The molecule has 0 saturated heterocycles. The molecule has 0 unspecified atom stereocenters. The number of nitrogens with one attached hydrogen (secondary N) is 2. The third-order valence-electron chi connectivity index (χ3n) is 4.41. The predicted molar refractivity (Wildman–Crippen MR) is 93.5 cm³/mol. The second-order valence-electron chi connectivity index (χ2n) is 6.00. The Labute approximate surface area is 144 Å². The van der Waals surface area contributed by atoms with Crippen molar-refractivity contribution in [2.75, 3.05) is 5.32 Å². The van der Waals surface area contributed by atoms with Gasteiger partial charge in [0.25, 0.3) is 5.69 Å². The van der Waals surface area contributed by atoms with Crippen LogP contribution in [-0.2, 0) is 12.8 Å². The zero-order chi connectivity index (χ0) is 18.0. The van der Waals surface area contributed by atoms with Crippen molar-refractivity contribution in [2.24, 2.45) is 0 Å². The van der Waals surface area contributed by atoms with E-state index in [1.807, 2.05) is 31.2 Å². The lowest BCUT2D eigenvalue weighted by molar-refractivity contribution is -0.385. The minimum Gasteiger partial charge on any atom is -0.390 e. The maximum Gasteiger partial charge on any atom is 0.319 e. The molecule has 3 N–H and O–H groups in total. The number of carbonyl (C=O) groups excluding carboxylic acids is 1. The lowest BCUT2D eigenvalue weighted by atomic mass is 10.1. The number of fused-ring (bicyclic) bond motifs is 1. The molecule has 3 rings (SSSR count). The highest BCUT2D eigenvalue weighted by Crippen LogP contribution is 2.31. The molecule has 130 valence electrons. The number of anilines is 1. The highest BCUT2D eigenvalue weighted by molar-refractivity contribution is 5.90. The van der Waals surface area contributed by atoms with E-state index in [-0.39, 0.29) is 5.69 Å². The second-order valence-corrected chi connectivity index (χ2v) is 6.00. The summed E-state index contributed by atoms with van der Waals surface area (Å²) in [5, 5.41) is 26.6. The largest absolute Gasteiger partial charge is 0.390 e. The van der Waals surface area contributed by atoms with Crippen molar-refractivity contribution in [1.29, 1.82) is 0 Å². The summed E-state index contributed by atoms with van der Waals surface area (Å²) < 4.78 is 0. The molecule has 2 aromatic rings. The van der Waals surface area contributed by atoms with Gasteiger partial charge in [-0.25, -0.2) is 4.79 Å². The van der Waals surface area contributed by atoms with Crippen LogP contribution >= 0.6 is 0 Å². The molecule has 2 atom stereocenters. The third kappa shape index (κ3) is 3.46. The van der Waals surface area contributed by atoms with E-state index in [2.05, 4.69) is 10.6 Å². The fraction of sp³-hybridized carbons (Fsp3) is 0.278. The Morgan fingerprint density at radius 2 is 2.08 bits per heavy atom. The minimum atomic E-state index is -0.694. The van der Waals surface area contributed by atoms with Crippen molar-refractivity contribution in [3.8, 4) is 0 Å². The van der Waals surface area contributed by atoms with Gasteiger partial charge in [0, 0.05) is 23.7 Å². The molecule has 25 heavy (non-hydrogen) atoms. The van der Waals surface area contributed by atoms with Gasteiger partial charge in [0.1, 0.15) is 0 Å². The standard InChI is InChI=1S/C18H19N3O4/c1-2-11-7-8-13(10-15(11)21(24)25)19-18(23)20-17-14-6-4-3-5-12(14)9-16(17)22/h3-8,10,16-17,22H,2,9H2,1H3,(H2,19,20,23)/t16-,17+/m0/s1. The number of aryl methyl sites for hydroxylation is 1. The molecule has 0 bridgehead atoms. The monoisotopic (exact) mass is 341 g/mol. The number of benzene rings is 2. The van der Waals surface area contributed by atoms with Crippen LogP contribution in [0.25, 0.3) is 0 Å². The molecule has 2 amide bonds. The second kappa shape index (κ2) is 6.90. The predicted octanol–water partition coefficient (Wildman–Crippen LogP) is 2.94. The molecule has 2 aromatic carbocycles. The molecule has 7 heteroatoms. The van der Waals surface area contributed by atoms with Crippen molar-refractivity contribution >= 4 is 17.4 Å². The van der Waals surface area contributed by atoms with E-state index in [4.69, 9.17) is 0 Å². The van der Waals surface area contributed by atoms with Crippen LogP contribution in [0.2, 0.25) is 0 Å². The molecule has 7 nitrogen and oxygen atoms in total. The van der Waals surface area contributed by atoms with Crippen LogP contribution in [0, 0.1) is 10.1 Å². The van der Waals surface area contributed by atoms with Crippen molar-refractivity contribution in [2.45, 2.75) is 31.9 Å². The molecule has 1 aliphatic carbocycles. The number of hydrogen-bond donors (Lipinski definition) is 3. The van der Waals surface area contributed by atoms with E-state index in [0.29, 0.717) is 24.1 Å². The SMILES string of the molecule is CCc1ccc(NC(=O)N[C@@H]2c3ccccc3C[C@@H]2O)cc1[N+](=O)[O-]. The summed E-state index contributed by atoms with van der Waals surface area (Å²) in [6, 6.07) is 11.1. The average molecular weight is 341 g/mol. The van der Waals surface area contributed by atoms with Crippen LogP contribution in [-0.4, -0.2) is 22.2 Å². The maximum absolute atomic E-state index is 12.3. The summed E-state index contributed by atoms with van der Waals surface area (Å²) >= 11 is 0. The number of nitrogens with zero attached hydrogens (tertiary/aromatic N) is 1. The molecular weight excluding hydrogens is 322 g/mol. The molecule has 1 aliphatic rings. The first-order chi connectivity index (χ1) is 12.0. The summed E-state index contributed by atoms with van der Waals surface area (Å²) in [5.74, 6) is 0.